The van der Waals surface area contributed by atoms with Crippen LogP contribution in [0.5, 0.6) is 0 Å². The van der Waals surface area contributed by atoms with Crippen LogP contribution in [0, 0.1) is 0 Å². The summed E-state index contributed by atoms with van der Waals surface area (Å²) in [5.74, 6) is 2.00. The maximum atomic E-state index is 12.2. The van der Waals surface area contributed by atoms with E-state index in [0.717, 1.165) is 31.3 Å². The predicted octanol–water partition coefficient (Wildman–Crippen LogP) is 1.99. The molecular formula is C15H31N3O2S2. The molecule has 1 rings (SSSR count). The van der Waals surface area contributed by atoms with Crippen molar-refractivity contribution in [3.05, 3.63) is 0 Å². The molecule has 22 heavy (non-hydrogen) atoms. The number of hydrogen-bond donors (Lipinski definition) is 1. The first-order chi connectivity index (χ1) is 9.98. The molecule has 1 N–H and O–H groups in total. The van der Waals surface area contributed by atoms with E-state index in [1.54, 1.807) is 20.8 Å². The van der Waals surface area contributed by atoms with Gasteiger partial charge in [0.15, 0.2) is 15.8 Å². The van der Waals surface area contributed by atoms with Crippen molar-refractivity contribution >= 4 is 27.6 Å². The Bertz CT molecular complexity index is 493. The number of nitrogens with zero attached hydrogens (tertiary/aromatic N) is 2. The number of thioether (sulfide) groups is 1. The van der Waals surface area contributed by atoms with Crippen molar-refractivity contribution in [2.45, 2.75) is 51.0 Å². The van der Waals surface area contributed by atoms with Crippen molar-refractivity contribution in [1.29, 1.82) is 0 Å². The van der Waals surface area contributed by atoms with Gasteiger partial charge in [0, 0.05) is 30.1 Å². The molecular weight excluding hydrogens is 318 g/mol. The van der Waals surface area contributed by atoms with Gasteiger partial charge in [-0.2, -0.15) is 11.8 Å². The molecule has 0 saturated carbocycles. The van der Waals surface area contributed by atoms with Crippen LogP contribution in [0.15, 0.2) is 4.99 Å². The van der Waals surface area contributed by atoms with Gasteiger partial charge in [0.2, 0.25) is 0 Å². The highest BCUT2D eigenvalue weighted by Gasteiger charge is 2.30. The number of hydrogen-bond acceptors (Lipinski definition) is 4. The van der Waals surface area contributed by atoms with Gasteiger partial charge < -0.3 is 10.2 Å². The van der Waals surface area contributed by atoms with Gasteiger partial charge in [0.1, 0.15) is 0 Å². The SMILES string of the molecule is CCNC(=NCCS(=O)(=O)C(C)(C)C)N1CCSC(C)(C)C1. The lowest BCUT2D eigenvalue weighted by atomic mass is 10.2. The Morgan fingerprint density at radius 3 is 2.50 bits per heavy atom. The summed E-state index contributed by atoms with van der Waals surface area (Å²) in [5, 5.41) is 3.29. The summed E-state index contributed by atoms with van der Waals surface area (Å²) in [4.78, 5) is 6.78. The van der Waals surface area contributed by atoms with Crippen LogP contribution in [0.2, 0.25) is 0 Å². The number of guanidine groups is 1. The minimum atomic E-state index is -3.12. The molecule has 130 valence electrons. The van der Waals surface area contributed by atoms with E-state index in [-0.39, 0.29) is 10.5 Å². The number of aliphatic imine (C=N–C) groups is 1. The van der Waals surface area contributed by atoms with E-state index in [2.05, 4.69) is 29.1 Å². The normalized spacial score (nSPS) is 20.1. The van der Waals surface area contributed by atoms with Gasteiger partial charge in [-0.05, 0) is 41.5 Å². The molecule has 0 aromatic rings. The summed E-state index contributed by atoms with van der Waals surface area (Å²) >= 11 is 1.97. The average Bonchev–Trinajstić information content (AvgIpc) is 2.35. The van der Waals surface area contributed by atoms with Crippen molar-refractivity contribution in [3.63, 3.8) is 0 Å². The predicted molar refractivity (Wildman–Crippen MR) is 97.6 cm³/mol. The molecule has 1 heterocycles. The van der Waals surface area contributed by atoms with E-state index < -0.39 is 14.6 Å². The Labute approximate surface area is 140 Å². The van der Waals surface area contributed by atoms with E-state index in [4.69, 9.17) is 0 Å². The Kier molecular flexibility index (Phi) is 6.62. The monoisotopic (exact) mass is 349 g/mol. The van der Waals surface area contributed by atoms with E-state index in [1.165, 1.54) is 0 Å². The summed E-state index contributed by atoms with van der Waals surface area (Å²) in [7, 11) is -3.12. The van der Waals surface area contributed by atoms with Crippen LogP contribution in [0.25, 0.3) is 0 Å². The first kappa shape index (κ1) is 19.6. The van der Waals surface area contributed by atoms with Gasteiger partial charge in [-0.15, -0.1) is 0 Å². The smallest absolute Gasteiger partial charge is 0.194 e. The highest BCUT2D eigenvalue weighted by Crippen LogP contribution is 2.29. The van der Waals surface area contributed by atoms with E-state index in [1.807, 2.05) is 18.7 Å². The minimum Gasteiger partial charge on any atom is -0.357 e. The Balaban J connectivity index is 2.75. The first-order valence-electron chi connectivity index (χ1n) is 7.88. The molecule has 1 aliphatic heterocycles. The summed E-state index contributed by atoms with van der Waals surface area (Å²) in [6.07, 6.45) is 0. The third kappa shape index (κ3) is 5.65. The molecule has 0 aliphatic carbocycles. The van der Waals surface area contributed by atoms with E-state index in [9.17, 15) is 8.42 Å². The third-order valence-corrected chi connectivity index (χ3v) is 7.50. The number of sulfone groups is 1. The second-order valence-corrected chi connectivity index (χ2v) is 11.9. The van der Waals surface area contributed by atoms with Crippen LogP contribution in [0.4, 0.5) is 0 Å². The van der Waals surface area contributed by atoms with Crippen LogP contribution < -0.4 is 5.32 Å². The average molecular weight is 350 g/mol. The second kappa shape index (κ2) is 7.43. The first-order valence-corrected chi connectivity index (χ1v) is 10.5. The van der Waals surface area contributed by atoms with Crippen LogP contribution in [0.1, 0.15) is 41.5 Å². The maximum absolute atomic E-state index is 12.2. The maximum Gasteiger partial charge on any atom is 0.194 e. The third-order valence-electron chi connectivity index (χ3n) is 3.61. The van der Waals surface area contributed by atoms with Crippen molar-refractivity contribution in [2.24, 2.45) is 4.99 Å². The molecule has 1 aliphatic rings. The van der Waals surface area contributed by atoms with Crippen LogP contribution in [-0.4, -0.2) is 66.5 Å². The molecule has 0 atom stereocenters. The van der Waals surface area contributed by atoms with Gasteiger partial charge in [0.05, 0.1) is 17.0 Å². The molecule has 1 fully saturated rings. The minimum absolute atomic E-state index is 0.0946. The molecule has 0 bridgehead atoms. The molecule has 7 heteroatoms. The molecule has 1 saturated heterocycles. The molecule has 5 nitrogen and oxygen atoms in total. The van der Waals surface area contributed by atoms with Crippen LogP contribution >= 0.6 is 11.8 Å². The number of rotatable bonds is 4. The van der Waals surface area contributed by atoms with Gasteiger partial charge >= 0.3 is 0 Å². The van der Waals surface area contributed by atoms with Crippen molar-refractivity contribution < 1.29 is 8.42 Å². The van der Waals surface area contributed by atoms with Crippen LogP contribution in [0.3, 0.4) is 0 Å². The van der Waals surface area contributed by atoms with Crippen LogP contribution in [-0.2, 0) is 9.84 Å². The molecule has 0 aromatic heterocycles. The standard InChI is InChI=1S/C15H31N3O2S2/c1-7-16-13(18-9-10-21-15(5,6)12-18)17-8-11-22(19,20)14(2,3)4/h7-12H2,1-6H3,(H,16,17). The fourth-order valence-electron chi connectivity index (χ4n) is 2.20. The topological polar surface area (TPSA) is 61.8 Å². The zero-order valence-electron chi connectivity index (χ0n) is 14.8. The fourth-order valence-corrected chi connectivity index (χ4v) is 4.26. The summed E-state index contributed by atoms with van der Waals surface area (Å²) in [5.41, 5.74) is 0. The van der Waals surface area contributed by atoms with Crippen molar-refractivity contribution in [2.75, 3.05) is 37.7 Å². The lowest BCUT2D eigenvalue weighted by molar-refractivity contribution is 0.376. The lowest BCUT2D eigenvalue weighted by Crippen LogP contribution is -2.51. The molecule has 0 radical (unpaired) electrons. The highest BCUT2D eigenvalue weighted by molar-refractivity contribution is 8.00. The fraction of sp³-hybridized carbons (Fsp3) is 0.933. The molecule has 0 aromatic carbocycles. The Morgan fingerprint density at radius 2 is 2.00 bits per heavy atom. The highest BCUT2D eigenvalue weighted by atomic mass is 32.2. The molecule has 0 amide bonds. The van der Waals surface area contributed by atoms with Gasteiger partial charge in [-0.25, -0.2) is 8.42 Å². The zero-order chi connectivity index (χ0) is 17.0. The van der Waals surface area contributed by atoms with Gasteiger partial charge in [-0.3, -0.25) is 4.99 Å². The quantitative estimate of drug-likeness (QED) is 0.621. The summed E-state index contributed by atoms with van der Waals surface area (Å²) < 4.78 is 23.8. The zero-order valence-corrected chi connectivity index (χ0v) is 16.4. The van der Waals surface area contributed by atoms with Gasteiger partial charge in [-0.1, -0.05) is 0 Å². The number of nitrogens with one attached hydrogen (secondary N) is 1. The van der Waals surface area contributed by atoms with E-state index in [0.29, 0.717) is 6.54 Å². The van der Waals surface area contributed by atoms with Crippen molar-refractivity contribution in [1.82, 2.24) is 10.2 Å². The largest absolute Gasteiger partial charge is 0.357 e. The Hall–Kier alpha value is -0.430. The molecule has 0 spiro atoms. The summed E-state index contributed by atoms with van der Waals surface area (Å²) in [6, 6.07) is 0. The Morgan fingerprint density at radius 1 is 1.36 bits per heavy atom. The summed E-state index contributed by atoms with van der Waals surface area (Å²) in [6.45, 7) is 14.7. The molecule has 0 unspecified atom stereocenters. The van der Waals surface area contributed by atoms with E-state index >= 15 is 0 Å². The van der Waals surface area contributed by atoms with Crippen molar-refractivity contribution in [3.8, 4) is 0 Å². The second-order valence-electron chi connectivity index (χ2n) is 7.20. The van der Waals surface area contributed by atoms with Gasteiger partial charge in [0.25, 0.3) is 0 Å². The lowest BCUT2D eigenvalue weighted by Gasteiger charge is -2.39.